The number of fused-ring (bicyclic) bond motifs is 1. The third-order valence-corrected chi connectivity index (χ3v) is 10.3. The number of nitrogens with one attached hydrogen (secondary N) is 1. The average Bonchev–Trinajstić information content (AvgIpc) is 3.47. The number of thioether (sulfide) groups is 1. The van der Waals surface area contributed by atoms with Crippen LogP contribution in [0.1, 0.15) is 58.2 Å². The molecule has 0 atom stereocenters. The smallest absolute Gasteiger partial charge is 0.269 e. The van der Waals surface area contributed by atoms with E-state index in [4.69, 9.17) is 12.2 Å². The van der Waals surface area contributed by atoms with Gasteiger partial charge in [-0.3, -0.25) is 28.8 Å². The fourth-order valence-electron chi connectivity index (χ4n) is 5.08. The van der Waals surface area contributed by atoms with Gasteiger partial charge in [-0.25, -0.2) is 0 Å². The second-order valence-corrected chi connectivity index (χ2v) is 14.2. The van der Waals surface area contributed by atoms with Crippen molar-refractivity contribution in [3.8, 4) is 0 Å². The van der Waals surface area contributed by atoms with Crippen molar-refractivity contribution in [1.82, 2.24) is 9.47 Å². The molecule has 10 heteroatoms. The van der Waals surface area contributed by atoms with E-state index in [-0.39, 0.29) is 29.3 Å². The molecule has 1 saturated heterocycles. The van der Waals surface area contributed by atoms with Crippen molar-refractivity contribution in [2.75, 3.05) is 11.9 Å². The Balaban J connectivity index is 1.52. The van der Waals surface area contributed by atoms with Crippen LogP contribution in [-0.2, 0) is 28.0 Å². The molecule has 2 amide bonds. The van der Waals surface area contributed by atoms with Gasteiger partial charge in [0.2, 0.25) is 5.91 Å². The van der Waals surface area contributed by atoms with Gasteiger partial charge < -0.3 is 5.32 Å². The maximum atomic E-state index is 13.7. The molecule has 0 radical (unpaired) electrons. The summed E-state index contributed by atoms with van der Waals surface area (Å²) < 4.78 is 2.72. The number of carbonyl (C=O) groups excluding carboxylic acids is 2. The molecule has 3 heterocycles. The molecule has 0 bridgehead atoms. The quantitative estimate of drug-likeness (QED) is 0.379. The third-order valence-electron chi connectivity index (χ3n) is 7.64. The van der Waals surface area contributed by atoms with Gasteiger partial charge in [-0.2, -0.15) is 0 Å². The Hall–Kier alpha value is -3.34. The first kappa shape index (κ1) is 30.1. The third kappa shape index (κ3) is 5.80. The standard InChI is InChI=1S/C32H34N4O3S3/c1-7-35-29(39)27(42-31(35)40)30-36(28(38)25(41-30)15-21-10-8-20(9-11-21)14-18(2)3)17-26(37)34-22-12-13-24-23(16-22)32(5,6)19(4)33-24/h8-13,15-16,18H,7,14,17H2,1-6H3,(H,34,37)/b25-15-,30-27+. The first-order valence-corrected chi connectivity index (χ1v) is 16.0. The number of hydrogen-bond donors (Lipinski definition) is 1. The Morgan fingerprint density at radius 2 is 1.86 bits per heavy atom. The molecular weight excluding hydrogens is 585 g/mol. The first-order chi connectivity index (χ1) is 19.9. The van der Waals surface area contributed by atoms with Gasteiger partial charge in [-0.05, 0) is 67.2 Å². The molecule has 2 aliphatic heterocycles. The Labute approximate surface area is 259 Å². The highest BCUT2D eigenvalue weighted by atomic mass is 32.2. The highest BCUT2D eigenvalue weighted by molar-refractivity contribution is 8.30. The number of nitrogens with zero attached hydrogens (tertiary/aromatic N) is 3. The zero-order chi connectivity index (χ0) is 30.3. The molecule has 2 aromatic carbocycles. The number of rotatable bonds is 7. The molecule has 218 valence electrons. The Bertz CT molecular complexity index is 1810. The zero-order valence-electron chi connectivity index (χ0n) is 24.6. The van der Waals surface area contributed by atoms with E-state index in [9.17, 15) is 14.4 Å². The maximum absolute atomic E-state index is 13.7. The van der Waals surface area contributed by atoms with Crippen molar-refractivity contribution in [1.29, 1.82) is 0 Å². The zero-order valence-corrected chi connectivity index (χ0v) is 27.1. The first-order valence-electron chi connectivity index (χ1n) is 14.0. The van der Waals surface area contributed by atoms with E-state index in [1.807, 2.05) is 50.3 Å². The normalized spacial score (nSPS) is 17.7. The van der Waals surface area contributed by atoms with E-state index in [2.05, 4.69) is 50.1 Å². The van der Waals surface area contributed by atoms with Gasteiger partial charge >= 0.3 is 0 Å². The van der Waals surface area contributed by atoms with Crippen molar-refractivity contribution >= 4 is 79.5 Å². The molecule has 1 N–H and O–H groups in total. The predicted molar refractivity (Wildman–Crippen MR) is 178 cm³/mol. The molecule has 0 spiro atoms. The van der Waals surface area contributed by atoms with E-state index in [1.54, 1.807) is 0 Å². The van der Waals surface area contributed by atoms with E-state index < -0.39 is 0 Å². The summed E-state index contributed by atoms with van der Waals surface area (Å²) in [5.74, 6) is -0.0603. The van der Waals surface area contributed by atoms with Crippen LogP contribution in [0.4, 0.5) is 11.4 Å². The second-order valence-electron chi connectivity index (χ2n) is 11.5. The number of thiocarbonyl (C=S) groups is 1. The van der Waals surface area contributed by atoms with Crippen LogP contribution in [0.2, 0.25) is 0 Å². The minimum absolute atomic E-state index is 0.231. The van der Waals surface area contributed by atoms with Gasteiger partial charge in [0.25, 0.3) is 11.5 Å². The predicted octanol–water partition coefficient (Wildman–Crippen LogP) is 4.95. The lowest BCUT2D eigenvalue weighted by Crippen LogP contribution is -2.37. The molecule has 7 nitrogen and oxygen atoms in total. The molecule has 1 aromatic heterocycles. The number of carbonyl (C=O) groups is 2. The van der Waals surface area contributed by atoms with Crippen molar-refractivity contribution in [2.24, 2.45) is 10.9 Å². The number of aromatic nitrogens is 1. The molecular formula is C32H34N4O3S3. The van der Waals surface area contributed by atoms with Crippen molar-refractivity contribution < 1.29 is 9.59 Å². The highest BCUT2D eigenvalue weighted by Crippen LogP contribution is 2.41. The van der Waals surface area contributed by atoms with Crippen LogP contribution in [0.5, 0.6) is 0 Å². The summed E-state index contributed by atoms with van der Waals surface area (Å²) in [6, 6.07) is 13.8. The number of amides is 2. The van der Waals surface area contributed by atoms with E-state index >= 15 is 0 Å². The highest BCUT2D eigenvalue weighted by Gasteiger charge is 2.34. The number of benzene rings is 2. The lowest BCUT2D eigenvalue weighted by Gasteiger charge is -2.20. The van der Waals surface area contributed by atoms with Crippen LogP contribution >= 0.6 is 35.3 Å². The lowest BCUT2D eigenvalue weighted by molar-refractivity contribution is -0.120. The van der Waals surface area contributed by atoms with Crippen molar-refractivity contribution in [3.05, 3.63) is 78.7 Å². The van der Waals surface area contributed by atoms with Crippen LogP contribution in [-0.4, -0.2) is 37.9 Å². The Morgan fingerprint density at radius 3 is 2.50 bits per heavy atom. The number of hydrogen-bond acceptors (Lipinski definition) is 7. The fraction of sp³-hybridized carbons (Fsp3) is 0.344. The lowest BCUT2D eigenvalue weighted by atomic mass is 9.82. The molecule has 0 unspecified atom stereocenters. The van der Waals surface area contributed by atoms with Gasteiger partial charge in [-0.15, -0.1) is 11.3 Å². The van der Waals surface area contributed by atoms with Crippen LogP contribution < -0.4 is 20.1 Å². The number of thiazole rings is 1. The van der Waals surface area contributed by atoms with E-state index in [0.29, 0.717) is 36.6 Å². The van der Waals surface area contributed by atoms with Crippen LogP contribution in [0.25, 0.3) is 11.0 Å². The Kier molecular flexibility index (Phi) is 8.42. The van der Waals surface area contributed by atoms with Gasteiger partial charge in [0.1, 0.15) is 20.4 Å². The van der Waals surface area contributed by atoms with Crippen molar-refractivity contribution in [2.45, 2.75) is 59.9 Å². The summed E-state index contributed by atoms with van der Waals surface area (Å²) in [5.41, 5.74) is 5.15. The maximum Gasteiger partial charge on any atom is 0.269 e. The second kappa shape index (κ2) is 11.7. The van der Waals surface area contributed by atoms with Gasteiger partial charge in [0.15, 0.2) is 0 Å². The molecule has 5 rings (SSSR count). The molecule has 1 fully saturated rings. The molecule has 3 aromatic rings. The number of anilines is 1. The summed E-state index contributed by atoms with van der Waals surface area (Å²) in [7, 11) is 0. The minimum Gasteiger partial charge on any atom is -0.325 e. The Morgan fingerprint density at radius 1 is 1.14 bits per heavy atom. The molecule has 42 heavy (non-hydrogen) atoms. The van der Waals surface area contributed by atoms with Gasteiger partial charge in [0, 0.05) is 23.4 Å². The molecule has 2 aliphatic rings. The largest absolute Gasteiger partial charge is 0.325 e. The van der Waals surface area contributed by atoms with E-state index in [0.717, 1.165) is 28.9 Å². The summed E-state index contributed by atoms with van der Waals surface area (Å²) in [5, 5.41) is 2.95. The fourth-order valence-corrected chi connectivity index (χ4v) is 7.72. The number of aliphatic imine (C=N–C) groups is 1. The monoisotopic (exact) mass is 618 g/mol. The van der Waals surface area contributed by atoms with Crippen LogP contribution in [0.15, 0.2) is 52.3 Å². The summed E-state index contributed by atoms with van der Waals surface area (Å²) in [6.07, 6.45) is 2.79. The summed E-state index contributed by atoms with van der Waals surface area (Å²) in [6.45, 7) is 12.6. The summed E-state index contributed by atoms with van der Waals surface area (Å²) in [4.78, 5) is 46.8. The van der Waals surface area contributed by atoms with Crippen LogP contribution in [0.3, 0.4) is 0 Å². The van der Waals surface area contributed by atoms with Gasteiger partial charge in [0.05, 0.1) is 10.2 Å². The minimum atomic E-state index is -0.361. The topological polar surface area (TPSA) is 83.8 Å². The SMILES string of the molecule is CCN1C(=O)/C(=c2\s/c(=C\c3ccc(CC(C)C)cc3)c(=O)n2CC(=O)Nc2ccc3c(c2)C(C)(C)C(C)=N3)SC1=S. The van der Waals surface area contributed by atoms with Crippen LogP contribution in [0, 0.1) is 5.92 Å². The van der Waals surface area contributed by atoms with Gasteiger partial charge in [-0.1, -0.05) is 75.9 Å². The van der Waals surface area contributed by atoms with Crippen molar-refractivity contribution in [3.63, 3.8) is 0 Å². The average molecular weight is 619 g/mol. The van der Waals surface area contributed by atoms with E-state index in [1.165, 1.54) is 38.1 Å². The molecule has 0 saturated carbocycles. The molecule has 0 aliphatic carbocycles. The summed E-state index contributed by atoms with van der Waals surface area (Å²) >= 11 is 7.81.